The Bertz CT molecular complexity index is 2200. The van der Waals surface area contributed by atoms with E-state index in [0.29, 0.717) is 0 Å². The quantitative estimate of drug-likeness (QED) is 0.186. The smallest absolute Gasteiger partial charge is 0.137 e. The maximum Gasteiger partial charge on any atom is 0.137 e. The van der Waals surface area contributed by atoms with E-state index in [9.17, 15) is 0 Å². The normalized spacial score (nSPS) is 11.5. The number of hydrogen-bond acceptors (Lipinski definition) is 3. The lowest BCUT2D eigenvalue weighted by atomic mass is 9.94. The zero-order chi connectivity index (χ0) is 31.2. The third-order valence-electron chi connectivity index (χ3n) is 8.77. The number of hydrogen-bond donors (Lipinski definition) is 0. The number of nitrogens with zero attached hydrogens (tertiary/aromatic N) is 4. The van der Waals surface area contributed by atoms with Gasteiger partial charge in [0, 0.05) is 40.4 Å². The number of pyridine rings is 1. The van der Waals surface area contributed by atoms with Gasteiger partial charge in [0.05, 0.1) is 22.4 Å². The van der Waals surface area contributed by atoms with Crippen LogP contribution >= 0.6 is 0 Å². The minimum atomic E-state index is 0.781. The van der Waals surface area contributed by atoms with Crippen LogP contribution in [0, 0.1) is 34.6 Å². The highest BCUT2D eigenvalue weighted by atomic mass is 16.5. The molecule has 4 aromatic carbocycles. The molecule has 0 aliphatic heterocycles. The first kappa shape index (κ1) is 28.6. The summed E-state index contributed by atoms with van der Waals surface area (Å²) in [6.45, 7) is 12.9. The van der Waals surface area contributed by atoms with Crippen LogP contribution in [0.5, 0.6) is 11.5 Å². The first-order chi connectivity index (χ1) is 21.8. The molecule has 0 amide bonds. The average molecular weight is 591 g/mol. The van der Waals surface area contributed by atoms with Crippen LogP contribution in [-0.2, 0) is 6.42 Å². The van der Waals surface area contributed by atoms with E-state index < -0.39 is 0 Å². The summed E-state index contributed by atoms with van der Waals surface area (Å²) in [5, 5.41) is 7.42. The first-order valence-electron chi connectivity index (χ1n) is 15.7. The number of rotatable bonds is 7. The number of aromatic nitrogens is 4. The van der Waals surface area contributed by atoms with Crippen LogP contribution in [0.3, 0.4) is 0 Å². The number of fused-ring (bicyclic) bond motifs is 3. The molecule has 5 heteroatoms. The van der Waals surface area contributed by atoms with Crippen molar-refractivity contribution in [3.63, 3.8) is 0 Å². The summed E-state index contributed by atoms with van der Waals surface area (Å²) in [6.07, 6.45) is 3.87. The van der Waals surface area contributed by atoms with Crippen LogP contribution in [0.15, 0.2) is 97.2 Å². The number of benzene rings is 4. The second-order valence-corrected chi connectivity index (χ2v) is 12.1. The first-order valence-corrected chi connectivity index (χ1v) is 15.7. The zero-order valence-corrected chi connectivity index (χ0v) is 26.8. The molecule has 0 aliphatic rings. The van der Waals surface area contributed by atoms with Crippen LogP contribution in [0.25, 0.3) is 44.4 Å². The van der Waals surface area contributed by atoms with Crippen molar-refractivity contribution < 1.29 is 4.74 Å². The Hall–Kier alpha value is -5.16. The standard InChI is InChI=1S/C40H38N4O/c1-7-11-30-21-31(44-29(6)40(28(5)42-44)39-26(3)12-10-13-27(39)4)23-33(22-30)45-32-16-17-35-34-14-8-9-15-36(34)43(37(35)24-32)38-20-25(2)18-19-41-38/h8-10,12-24H,7,11H2,1-6H3. The summed E-state index contributed by atoms with van der Waals surface area (Å²) in [4.78, 5) is 4.74. The molecule has 0 N–H and O–H groups in total. The molecule has 0 atom stereocenters. The van der Waals surface area contributed by atoms with Gasteiger partial charge in [0.25, 0.3) is 0 Å². The second-order valence-electron chi connectivity index (χ2n) is 12.1. The highest BCUT2D eigenvalue weighted by molar-refractivity contribution is 6.09. The Morgan fingerprint density at radius 2 is 1.47 bits per heavy atom. The van der Waals surface area contributed by atoms with Crippen LogP contribution in [0.1, 0.15) is 47.0 Å². The SMILES string of the molecule is CCCc1cc(Oc2ccc3c4ccccc4n(-c4cc(C)ccn4)c3c2)cc(-n2nc(C)c(-c3c(C)cccc3C)c2C)c1. The lowest BCUT2D eigenvalue weighted by molar-refractivity contribution is 0.482. The lowest BCUT2D eigenvalue weighted by Gasteiger charge is -2.14. The van der Waals surface area contributed by atoms with Crippen LogP contribution in [0.2, 0.25) is 0 Å². The van der Waals surface area contributed by atoms with Crippen LogP contribution in [0.4, 0.5) is 0 Å². The Kier molecular flexibility index (Phi) is 7.25. The molecular formula is C40H38N4O. The predicted molar refractivity (Wildman–Crippen MR) is 185 cm³/mol. The van der Waals surface area contributed by atoms with Crippen molar-refractivity contribution in [2.45, 2.75) is 54.4 Å². The van der Waals surface area contributed by atoms with E-state index in [2.05, 4.69) is 136 Å². The van der Waals surface area contributed by atoms with Gasteiger partial charge in [-0.1, -0.05) is 49.7 Å². The van der Waals surface area contributed by atoms with Crippen molar-refractivity contribution in [2.24, 2.45) is 0 Å². The van der Waals surface area contributed by atoms with E-state index >= 15 is 0 Å². The second kappa shape index (κ2) is 11.4. The molecule has 3 aromatic heterocycles. The number of para-hydroxylation sites is 1. The fourth-order valence-electron chi connectivity index (χ4n) is 6.76. The molecular weight excluding hydrogens is 552 g/mol. The van der Waals surface area contributed by atoms with Gasteiger partial charge in [-0.25, -0.2) is 9.67 Å². The zero-order valence-electron chi connectivity index (χ0n) is 26.8. The maximum absolute atomic E-state index is 6.67. The summed E-state index contributed by atoms with van der Waals surface area (Å²) in [5.74, 6) is 2.48. The molecule has 0 unspecified atom stereocenters. The van der Waals surface area contributed by atoms with E-state index in [1.807, 2.05) is 12.3 Å². The average Bonchev–Trinajstić information content (AvgIpc) is 3.50. The topological polar surface area (TPSA) is 44.9 Å². The number of aryl methyl sites for hydroxylation is 5. The van der Waals surface area contributed by atoms with Gasteiger partial charge in [-0.2, -0.15) is 5.10 Å². The maximum atomic E-state index is 6.67. The number of ether oxygens (including phenoxy) is 1. The fraction of sp³-hybridized carbons (Fsp3) is 0.200. The third-order valence-corrected chi connectivity index (χ3v) is 8.77. The van der Waals surface area contributed by atoms with Gasteiger partial charge in [0.15, 0.2) is 0 Å². The van der Waals surface area contributed by atoms with E-state index in [0.717, 1.165) is 58.3 Å². The molecule has 224 valence electrons. The van der Waals surface area contributed by atoms with Gasteiger partial charge in [-0.3, -0.25) is 4.57 Å². The van der Waals surface area contributed by atoms with E-state index in [-0.39, 0.29) is 0 Å². The molecule has 3 heterocycles. The summed E-state index contributed by atoms with van der Waals surface area (Å²) < 4.78 is 11.0. The summed E-state index contributed by atoms with van der Waals surface area (Å²) >= 11 is 0. The van der Waals surface area contributed by atoms with Gasteiger partial charge in [0.2, 0.25) is 0 Å². The van der Waals surface area contributed by atoms with Crippen molar-refractivity contribution >= 4 is 21.8 Å². The van der Waals surface area contributed by atoms with Crippen LogP contribution < -0.4 is 4.74 Å². The van der Waals surface area contributed by atoms with Gasteiger partial charge in [-0.05, 0) is 111 Å². The van der Waals surface area contributed by atoms with Gasteiger partial charge in [0.1, 0.15) is 17.3 Å². The molecule has 7 rings (SSSR count). The Morgan fingerprint density at radius 3 is 2.24 bits per heavy atom. The Labute approximate surface area is 264 Å². The molecule has 0 spiro atoms. The van der Waals surface area contributed by atoms with Crippen molar-refractivity contribution in [1.29, 1.82) is 0 Å². The minimum Gasteiger partial charge on any atom is -0.457 e. The van der Waals surface area contributed by atoms with Gasteiger partial charge >= 0.3 is 0 Å². The highest BCUT2D eigenvalue weighted by Gasteiger charge is 2.19. The van der Waals surface area contributed by atoms with E-state index in [1.54, 1.807) is 0 Å². The van der Waals surface area contributed by atoms with E-state index in [1.165, 1.54) is 44.2 Å². The predicted octanol–water partition coefficient (Wildman–Crippen LogP) is 10.3. The van der Waals surface area contributed by atoms with Crippen molar-refractivity contribution in [2.75, 3.05) is 0 Å². The molecule has 0 radical (unpaired) electrons. The summed E-state index contributed by atoms with van der Waals surface area (Å²) in [7, 11) is 0. The molecule has 0 fully saturated rings. The van der Waals surface area contributed by atoms with Crippen molar-refractivity contribution in [3.05, 3.63) is 131 Å². The Balaban J connectivity index is 1.34. The van der Waals surface area contributed by atoms with E-state index in [4.69, 9.17) is 14.8 Å². The van der Waals surface area contributed by atoms with Gasteiger partial charge in [-0.15, -0.1) is 0 Å². The van der Waals surface area contributed by atoms with Crippen molar-refractivity contribution in [3.8, 4) is 34.1 Å². The van der Waals surface area contributed by atoms with Crippen LogP contribution in [-0.4, -0.2) is 19.3 Å². The van der Waals surface area contributed by atoms with Crippen molar-refractivity contribution in [1.82, 2.24) is 19.3 Å². The molecule has 0 bridgehead atoms. The monoisotopic (exact) mass is 590 g/mol. The third kappa shape index (κ3) is 5.08. The summed E-state index contributed by atoms with van der Waals surface area (Å²) in [6, 6.07) is 32.0. The molecule has 0 saturated heterocycles. The molecule has 5 nitrogen and oxygen atoms in total. The highest BCUT2D eigenvalue weighted by Crippen LogP contribution is 2.37. The minimum absolute atomic E-state index is 0.781. The molecule has 0 aliphatic carbocycles. The lowest BCUT2D eigenvalue weighted by Crippen LogP contribution is -2.02. The Morgan fingerprint density at radius 1 is 0.689 bits per heavy atom. The summed E-state index contributed by atoms with van der Waals surface area (Å²) in [5.41, 5.74) is 12.7. The largest absolute Gasteiger partial charge is 0.457 e. The molecule has 7 aromatic rings. The molecule has 45 heavy (non-hydrogen) atoms. The van der Waals surface area contributed by atoms with Gasteiger partial charge < -0.3 is 4.74 Å². The fourth-order valence-corrected chi connectivity index (χ4v) is 6.76. The molecule has 0 saturated carbocycles.